The third-order valence-corrected chi connectivity index (χ3v) is 6.03. The fourth-order valence-corrected chi connectivity index (χ4v) is 4.15. The predicted molar refractivity (Wildman–Crippen MR) is 102 cm³/mol. The molecule has 0 aliphatic carbocycles. The Bertz CT molecular complexity index is 766. The van der Waals surface area contributed by atoms with E-state index in [0.717, 1.165) is 0 Å². The minimum atomic E-state index is -3.09. The van der Waals surface area contributed by atoms with E-state index in [1.807, 2.05) is 12.1 Å². The summed E-state index contributed by atoms with van der Waals surface area (Å²) in [7, 11) is -3.09. The van der Waals surface area contributed by atoms with Crippen LogP contribution in [0.2, 0.25) is 0 Å². The molecular formula is C21H21O2P. The van der Waals surface area contributed by atoms with Gasteiger partial charge in [-0.25, -0.2) is 0 Å². The van der Waals surface area contributed by atoms with E-state index in [0.29, 0.717) is 16.6 Å². The summed E-state index contributed by atoms with van der Waals surface area (Å²) in [6.07, 6.45) is 0. The first kappa shape index (κ1) is 17.9. The fraction of sp³-hybridized carbons (Fsp3) is 0.0952. The molecule has 0 aliphatic heterocycles. The van der Waals surface area contributed by atoms with E-state index in [2.05, 4.69) is 38.1 Å². The van der Waals surface area contributed by atoms with Gasteiger partial charge >= 0.3 is 0 Å². The van der Waals surface area contributed by atoms with E-state index >= 15 is 0 Å². The largest absolute Gasteiger partial charge is 0.306 e. The molecule has 0 heterocycles. The Balaban J connectivity index is 0.000000219. The van der Waals surface area contributed by atoms with Crippen molar-refractivity contribution in [1.82, 2.24) is 0 Å². The highest BCUT2D eigenvalue weighted by Crippen LogP contribution is 2.39. The maximum absolute atomic E-state index is 12.6. The average Bonchev–Trinajstić information content (AvgIpc) is 2.63. The zero-order valence-corrected chi connectivity index (χ0v) is 14.8. The van der Waals surface area contributed by atoms with Crippen LogP contribution < -0.4 is 10.6 Å². The van der Waals surface area contributed by atoms with E-state index in [4.69, 9.17) is 0 Å². The van der Waals surface area contributed by atoms with Crippen molar-refractivity contribution in [3.63, 3.8) is 0 Å². The SMILES string of the molecule is Cc1cccc(C)c1.O=CP(=O)(c1ccccc1)c1ccccc1. The van der Waals surface area contributed by atoms with Crippen LogP contribution in [0.3, 0.4) is 0 Å². The van der Waals surface area contributed by atoms with Gasteiger partial charge in [0.1, 0.15) is 0 Å². The Labute approximate surface area is 143 Å². The van der Waals surface area contributed by atoms with Crippen LogP contribution in [-0.4, -0.2) is 6.03 Å². The third kappa shape index (κ3) is 4.53. The molecule has 3 heteroatoms. The van der Waals surface area contributed by atoms with Crippen LogP contribution in [-0.2, 0) is 9.36 Å². The summed E-state index contributed by atoms with van der Waals surface area (Å²) in [6.45, 7) is 4.21. The molecule has 2 nitrogen and oxygen atoms in total. The van der Waals surface area contributed by atoms with Gasteiger partial charge in [-0.15, -0.1) is 0 Å². The van der Waals surface area contributed by atoms with Gasteiger partial charge in [0.15, 0.2) is 6.03 Å². The molecule has 0 aromatic heterocycles. The molecule has 0 aliphatic rings. The number of hydrogen-bond donors (Lipinski definition) is 0. The topological polar surface area (TPSA) is 34.1 Å². The molecule has 0 saturated heterocycles. The van der Waals surface area contributed by atoms with Crippen LogP contribution in [0.25, 0.3) is 0 Å². The normalized spacial score (nSPS) is 10.4. The molecular weight excluding hydrogens is 315 g/mol. The number of hydrogen-bond acceptors (Lipinski definition) is 2. The lowest BCUT2D eigenvalue weighted by atomic mass is 10.2. The van der Waals surface area contributed by atoms with Crippen molar-refractivity contribution < 1.29 is 9.36 Å². The van der Waals surface area contributed by atoms with Crippen molar-refractivity contribution in [3.05, 3.63) is 96.1 Å². The van der Waals surface area contributed by atoms with E-state index < -0.39 is 7.14 Å². The summed E-state index contributed by atoms with van der Waals surface area (Å²) in [5.74, 6) is 0. The Morgan fingerprint density at radius 1 is 0.667 bits per heavy atom. The van der Waals surface area contributed by atoms with E-state index in [9.17, 15) is 9.36 Å². The first-order valence-electron chi connectivity index (χ1n) is 7.77. The number of carbonyl (C=O) groups excluding carboxylic acids is 1. The Morgan fingerprint density at radius 3 is 1.38 bits per heavy atom. The number of rotatable bonds is 3. The Hall–Kier alpha value is -2.44. The second-order valence-corrected chi connectivity index (χ2v) is 8.15. The van der Waals surface area contributed by atoms with Gasteiger partial charge in [-0.3, -0.25) is 4.79 Å². The maximum atomic E-state index is 12.6. The molecule has 3 aromatic rings. The summed E-state index contributed by atoms with van der Waals surface area (Å²) >= 11 is 0. The minimum Gasteiger partial charge on any atom is -0.306 e. The van der Waals surface area contributed by atoms with Crippen molar-refractivity contribution in [2.75, 3.05) is 0 Å². The lowest BCUT2D eigenvalue weighted by Gasteiger charge is -2.11. The molecule has 3 rings (SSSR count). The highest BCUT2D eigenvalue weighted by Gasteiger charge is 2.25. The molecule has 0 unspecified atom stereocenters. The fourth-order valence-electron chi connectivity index (χ4n) is 2.38. The summed E-state index contributed by atoms with van der Waals surface area (Å²) < 4.78 is 12.6. The number of carbonyl (C=O) groups is 1. The van der Waals surface area contributed by atoms with Gasteiger partial charge in [-0.1, -0.05) is 96.1 Å². The molecule has 122 valence electrons. The predicted octanol–water partition coefficient (Wildman–Crippen LogP) is 4.49. The summed E-state index contributed by atoms with van der Waals surface area (Å²) in [5, 5.41) is 1.16. The van der Waals surface area contributed by atoms with Crippen molar-refractivity contribution in [1.29, 1.82) is 0 Å². The van der Waals surface area contributed by atoms with E-state index in [-0.39, 0.29) is 0 Å². The first-order chi connectivity index (χ1) is 11.6. The standard InChI is InChI=1S/C13H11O2P.C8H10/c14-11-16(15,12-7-3-1-4-8-12)13-9-5-2-6-10-13;1-7-4-3-5-8(2)6-7/h1-11H;3-6H,1-2H3. The van der Waals surface area contributed by atoms with Crippen LogP contribution in [0, 0.1) is 13.8 Å². The molecule has 0 spiro atoms. The molecule has 24 heavy (non-hydrogen) atoms. The summed E-state index contributed by atoms with van der Waals surface area (Å²) in [6, 6.07) is 26.7. The second-order valence-electron chi connectivity index (χ2n) is 5.59. The second kappa shape index (κ2) is 8.42. The van der Waals surface area contributed by atoms with Crippen LogP contribution in [0.1, 0.15) is 11.1 Å². The average molecular weight is 336 g/mol. The van der Waals surface area contributed by atoms with Crippen LogP contribution in [0.4, 0.5) is 0 Å². The minimum absolute atomic E-state index is 0.567. The Kier molecular flexibility index (Phi) is 6.28. The highest BCUT2D eigenvalue weighted by molar-refractivity contribution is 7.91. The van der Waals surface area contributed by atoms with E-state index in [1.165, 1.54) is 11.1 Å². The lowest BCUT2D eigenvalue weighted by molar-refractivity contribution is 0.557. The zero-order chi connectivity index (χ0) is 17.4. The van der Waals surface area contributed by atoms with Gasteiger partial charge in [0.25, 0.3) is 0 Å². The number of aryl methyl sites for hydroxylation is 2. The third-order valence-electron chi connectivity index (χ3n) is 3.60. The molecule has 0 fully saturated rings. The summed E-state index contributed by atoms with van der Waals surface area (Å²) in [5.41, 5.74) is 2.68. The maximum Gasteiger partial charge on any atom is 0.201 e. The molecule has 0 atom stereocenters. The molecule has 0 N–H and O–H groups in total. The quantitative estimate of drug-likeness (QED) is 0.521. The summed E-state index contributed by atoms with van der Waals surface area (Å²) in [4.78, 5) is 11.2. The van der Waals surface area contributed by atoms with Gasteiger partial charge < -0.3 is 4.57 Å². The van der Waals surface area contributed by atoms with Crippen molar-refractivity contribution in [2.45, 2.75) is 13.8 Å². The zero-order valence-electron chi connectivity index (χ0n) is 13.9. The highest BCUT2D eigenvalue weighted by atomic mass is 31.2. The molecule has 0 radical (unpaired) electrons. The smallest absolute Gasteiger partial charge is 0.201 e. The van der Waals surface area contributed by atoms with E-state index in [1.54, 1.807) is 48.5 Å². The molecule has 3 aromatic carbocycles. The van der Waals surface area contributed by atoms with Crippen LogP contribution in [0.15, 0.2) is 84.9 Å². The van der Waals surface area contributed by atoms with Gasteiger partial charge in [0, 0.05) is 10.6 Å². The van der Waals surface area contributed by atoms with Crippen molar-refractivity contribution in [2.24, 2.45) is 0 Å². The monoisotopic (exact) mass is 336 g/mol. The van der Waals surface area contributed by atoms with Gasteiger partial charge in [0.2, 0.25) is 7.14 Å². The van der Waals surface area contributed by atoms with Crippen LogP contribution in [0.5, 0.6) is 0 Å². The van der Waals surface area contributed by atoms with Crippen molar-refractivity contribution >= 4 is 23.8 Å². The van der Waals surface area contributed by atoms with Gasteiger partial charge in [-0.2, -0.15) is 0 Å². The molecule has 0 amide bonds. The molecule has 0 bridgehead atoms. The van der Waals surface area contributed by atoms with Gasteiger partial charge in [-0.05, 0) is 13.8 Å². The van der Waals surface area contributed by atoms with Crippen molar-refractivity contribution in [3.8, 4) is 0 Å². The Morgan fingerprint density at radius 2 is 1.08 bits per heavy atom. The first-order valence-corrected chi connectivity index (χ1v) is 9.54. The van der Waals surface area contributed by atoms with Crippen LogP contribution >= 0.6 is 7.14 Å². The number of benzene rings is 3. The lowest BCUT2D eigenvalue weighted by Crippen LogP contribution is -2.16. The molecule has 0 saturated carbocycles. The van der Waals surface area contributed by atoms with Gasteiger partial charge in [0.05, 0.1) is 0 Å².